The maximum atomic E-state index is 3.79. The van der Waals surface area contributed by atoms with E-state index in [1.165, 1.54) is 29.3 Å². The molecule has 0 bridgehead atoms. The molecule has 1 saturated heterocycles. The Bertz CT molecular complexity index is 484. The Kier molecular flexibility index (Phi) is 3.33. The van der Waals surface area contributed by atoms with Gasteiger partial charge in [-0.2, -0.15) is 0 Å². The summed E-state index contributed by atoms with van der Waals surface area (Å²) in [5.41, 5.74) is 5.02. The van der Waals surface area contributed by atoms with Crippen LogP contribution in [0.4, 0.5) is 0 Å². The lowest BCUT2D eigenvalue weighted by Crippen LogP contribution is -2.38. The third kappa shape index (κ3) is 1.86. The monoisotopic (exact) mass is 305 g/mol. The molecule has 1 aromatic rings. The van der Waals surface area contributed by atoms with Gasteiger partial charge in [0.1, 0.15) is 0 Å². The highest BCUT2D eigenvalue weighted by Crippen LogP contribution is 2.52. The van der Waals surface area contributed by atoms with E-state index in [1.807, 2.05) is 0 Å². The number of piperidine rings is 1. The number of nitrogens with one attached hydrogen (secondary N) is 1. The Balaban J connectivity index is 2.14. The first-order chi connectivity index (χ1) is 8.77. The van der Waals surface area contributed by atoms with E-state index in [-0.39, 0.29) is 0 Å². The first-order valence-corrected chi connectivity index (χ1v) is 7.75. The third-order valence-corrected chi connectivity index (χ3v) is 5.09. The fraction of sp³-hybridized carbons (Fsp3) is 0.500. The summed E-state index contributed by atoms with van der Waals surface area (Å²) in [5, 5.41) is 3.50. The van der Waals surface area contributed by atoms with Crippen LogP contribution >= 0.6 is 15.9 Å². The van der Waals surface area contributed by atoms with Crippen LogP contribution in [-0.4, -0.2) is 13.1 Å². The van der Waals surface area contributed by atoms with Gasteiger partial charge in [0.15, 0.2) is 0 Å². The van der Waals surface area contributed by atoms with Gasteiger partial charge in [0.05, 0.1) is 0 Å². The van der Waals surface area contributed by atoms with Crippen molar-refractivity contribution in [2.45, 2.75) is 38.0 Å². The second-order valence-corrected chi connectivity index (χ2v) is 6.36. The molecule has 1 nitrogen and oxygen atoms in total. The molecule has 2 aliphatic rings. The number of hydrogen-bond donors (Lipinski definition) is 1. The summed E-state index contributed by atoms with van der Waals surface area (Å²) in [7, 11) is 0. The minimum absolute atomic E-state index is 0.391. The van der Waals surface area contributed by atoms with Crippen LogP contribution in [0.25, 0.3) is 5.57 Å². The second-order valence-electron chi connectivity index (χ2n) is 5.51. The maximum absolute atomic E-state index is 3.79. The van der Waals surface area contributed by atoms with Crippen molar-refractivity contribution in [1.29, 1.82) is 0 Å². The van der Waals surface area contributed by atoms with Crippen molar-refractivity contribution in [2.24, 2.45) is 0 Å². The zero-order valence-corrected chi connectivity index (χ0v) is 12.5. The molecule has 1 fully saturated rings. The average molecular weight is 306 g/mol. The number of fused-ring (bicyclic) bond motifs is 2. The van der Waals surface area contributed by atoms with Gasteiger partial charge in [-0.1, -0.05) is 41.1 Å². The lowest BCUT2D eigenvalue weighted by molar-refractivity contribution is 0.321. The van der Waals surface area contributed by atoms with Crippen molar-refractivity contribution >= 4 is 21.5 Å². The molecule has 1 N–H and O–H groups in total. The van der Waals surface area contributed by atoms with E-state index >= 15 is 0 Å². The van der Waals surface area contributed by atoms with E-state index in [4.69, 9.17) is 0 Å². The van der Waals surface area contributed by atoms with Crippen molar-refractivity contribution < 1.29 is 0 Å². The number of halogens is 1. The molecule has 0 saturated carbocycles. The summed E-state index contributed by atoms with van der Waals surface area (Å²) in [4.78, 5) is 0. The Morgan fingerprint density at radius 2 is 2.11 bits per heavy atom. The van der Waals surface area contributed by atoms with Crippen molar-refractivity contribution in [1.82, 2.24) is 5.32 Å². The molecule has 18 heavy (non-hydrogen) atoms. The van der Waals surface area contributed by atoms with Crippen LogP contribution in [-0.2, 0) is 5.41 Å². The molecular formula is C16H20BrN. The summed E-state index contributed by atoms with van der Waals surface area (Å²) in [5.74, 6) is 0. The van der Waals surface area contributed by atoms with Crippen molar-refractivity contribution in [2.75, 3.05) is 13.1 Å². The Morgan fingerprint density at radius 3 is 2.83 bits per heavy atom. The molecule has 0 amide bonds. The number of benzene rings is 1. The molecule has 1 spiro atoms. The molecular weight excluding hydrogens is 286 g/mol. The number of rotatable bonds is 1. The predicted octanol–water partition coefficient (Wildman–Crippen LogP) is 4.27. The molecule has 3 rings (SSSR count). The van der Waals surface area contributed by atoms with E-state index in [1.54, 1.807) is 11.1 Å². The molecule has 96 valence electrons. The van der Waals surface area contributed by atoms with Crippen molar-refractivity contribution in [3.8, 4) is 0 Å². The van der Waals surface area contributed by atoms with Gasteiger partial charge in [-0.3, -0.25) is 0 Å². The van der Waals surface area contributed by atoms with Crippen LogP contribution in [0.5, 0.6) is 0 Å². The summed E-state index contributed by atoms with van der Waals surface area (Å²) in [6, 6.07) is 6.68. The van der Waals surface area contributed by atoms with E-state index in [0.717, 1.165) is 19.5 Å². The van der Waals surface area contributed by atoms with Gasteiger partial charge in [-0.25, -0.2) is 0 Å². The molecule has 1 aromatic carbocycles. The molecule has 1 aliphatic heterocycles. The van der Waals surface area contributed by atoms with Crippen LogP contribution in [0.2, 0.25) is 0 Å². The normalized spacial score (nSPS) is 23.6. The molecule has 0 unspecified atom stereocenters. The Hall–Kier alpha value is -0.600. The van der Waals surface area contributed by atoms with Crippen LogP contribution < -0.4 is 5.32 Å². The minimum Gasteiger partial charge on any atom is -0.317 e. The quantitative estimate of drug-likeness (QED) is 0.817. The molecule has 1 heterocycles. The van der Waals surface area contributed by atoms with Crippen LogP contribution in [0, 0.1) is 0 Å². The minimum atomic E-state index is 0.391. The molecule has 0 aromatic heterocycles. The van der Waals surface area contributed by atoms with Crippen LogP contribution in [0.1, 0.15) is 43.7 Å². The highest BCUT2D eigenvalue weighted by Gasteiger charge is 2.42. The summed E-state index contributed by atoms with van der Waals surface area (Å²) >= 11 is 3.79. The van der Waals surface area contributed by atoms with Crippen molar-refractivity contribution in [3.05, 3.63) is 39.9 Å². The lowest BCUT2D eigenvalue weighted by atomic mass is 9.74. The van der Waals surface area contributed by atoms with E-state index in [0.29, 0.717) is 5.41 Å². The SMILES string of the molecule is CCC=C1CC2(CCNCC2)c2c(Br)cccc21. The number of allylic oxidation sites excluding steroid dienone is 2. The standard InChI is InChI=1S/C16H20BrN/c1-2-4-12-11-16(7-9-18-10-8-16)15-13(12)5-3-6-14(15)17/h3-6,18H,2,7-11H2,1H3. The summed E-state index contributed by atoms with van der Waals surface area (Å²) in [6.07, 6.45) is 7.32. The summed E-state index contributed by atoms with van der Waals surface area (Å²) in [6.45, 7) is 4.54. The molecule has 2 heteroatoms. The molecule has 0 atom stereocenters. The first-order valence-electron chi connectivity index (χ1n) is 6.96. The van der Waals surface area contributed by atoms with Crippen molar-refractivity contribution in [3.63, 3.8) is 0 Å². The zero-order chi connectivity index (χ0) is 12.6. The largest absolute Gasteiger partial charge is 0.317 e. The van der Waals surface area contributed by atoms with Crippen LogP contribution in [0.3, 0.4) is 0 Å². The molecule has 0 radical (unpaired) electrons. The van der Waals surface area contributed by atoms with Gasteiger partial charge in [-0.05, 0) is 61.5 Å². The number of hydrogen-bond acceptors (Lipinski definition) is 1. The lowest BCUT2D eigenvalue weighted by Gasteiger charge is -2.35. The fourth-order valence-corrected chi connectivity index (χ4v) is 4.43. The predicted molar refractivity (Wildman–Crippen MR) is 80.8 cm³/mol. The molecule has 1 aliphatic carbocycles. The zero-order valence-electron chi connectivity index (χ0n) is 10.9. The van der Waals surface area contributed by atoms with Gasteiger partial charge in [0.25, 0.3) is 0 Å². The summed E-state index contributed by atoms with van der Waals surface area (Å²) < 4.78 is 1.31. The maximum Gasteiger partial charge on any atom is 0.0219 e. The van der Waals surface area contributed by atoms with E-state index < -0.39 is 0 Å². The van der Waals surface area contributed by atoms with Gasteiger partial charge < -0.3 is 5.32 Å². The Morgan fingerprint density at radius 1 is 1.33 bits per heavy atom. The van der Waals surface area contributed by atoms with E-state index in [9.17, 15) is 0 Å². The first kappa shape index (κ1) is 12.4. The van der Waals surface area contributed by atoms with Gasteiger partial charge in [-0.15, -0.1) is 0 Å². The van der Waals surface area contributed by atoms with Gasteiger partial charge >= 0.3 is 0 Å². The smallest absolute Gasteiger partial charge is 0.0219 e. The highest BCUT2D eigenvalue weighted by atomic mass is 79.9. The van der Waals surface area contributed by atoms with E-state index in [2.05, 4.69) is 52.4 Å². The third-order valence-electron chi connectivity index (χ3n) is 4.43. The average Bonchev–Trinajstić information content (AvgIpc) is 2.67. The topological polar surface area (TPSA) is 12.0 Å². The fourth-order valence-electron chi connectivity index (χ4n) is 3.64. The Labute approximate surface area is 118 Å². The van der Waals surface area contributed by atoms with Gasteiger partial charge in [0, 0.05) is 9.89 Å². The highest BCUT2D eigenvalue weighted by molar-refractivity contribution is 9.10. The second kappa shape index (κ2) is 4.82. The van der Waals surface area contributed by atoms with Gasteiger partial charge in [0.2, 0.25) is 0 Å². The van der Waals surface area contributed by atoms with Crippen LogP contribution in [0.15, 0.2) is 28.7 Å².